The molecule has 3 rings (SSSR count). The zero-order chi connectivity index (χ0) is 19.1. The van der Waals surface area contributed by atoms with E-state index < -0.39 is 0 Å². The van der Waals surface area contributed by atoms with Gasteiger partial charge in [0.05, 0.1) is 12.7 Å². The van der Waals surface area contributed by atoms with Gasteiger partial charge in [-0.25, -0.2) is 0 Å². The maximum atomic E-state index is 13.1. The Balaban J connectivity index is 1.71. The Labute approximate surface area is 158 Å². The van der Waals surface area contributed by atoms with Crippen molar-refractivity contribution in [2.45, 2.75) is 12.8 Å². The molecule has 0 saturated carbocycles. The average molecular weight is 372 g/mol. The van der Waals surface area contributed by atoms with Gasteiger partial charge in [-0.1, -0.05) is 17.3 Å². The third-order valence-electron chi connectivity index (χ3n) is 4.55. The Morgan fingerprint density at radius 3 is 2.74 bits per heavy atom. The van der Waals surface area contributed by atoms with E-state index in [0.29, 0.717) is 23.7 Å². The molecule has 2 heterocycles. The van der Waals surface area contributed by atoms with Crippen molar-refractivity contribution in [1.29, 1.82) is 0 Å². The van der Waals surface area contributed by atoms with Crippen molar-refractivity contribution in [3.05, 3.63) is 42.2 Å². The molecule has 0 bridgehead atoms. The number of nitrogens with zero attached hydrogens (tertiary/aromatic N) is 3. The summed E-state index contributed by atoms with van der Waals surface area (Å²) < 4.78 is 10.0. The second kappa shape index (κ2) is 9.18. The van der Waals surface area contributed by atoms with E-state index >= 15 is 0 Å². The van der Waals surface area contributed by atoms with Crippen LogP contribution in [0.3, 0.4) is 0 Å². The maximum absolute atomic E-state index is 13.1. The number of methoxy groups -OCH3 is 1. The van der Waals surface area contributed by atoms with Crippen LogP contribution in [0.25, 0.3) is 0 Å². The smallest absolute Gasteiger partial charge is 0.258 e. The Bertz CT molecular complexity index is 757. The predicted molar refractivity (Wildman–Crippen MR) is 99.7 cm³/mol. The normalized spacial score (nSPS) is 14.1. The van der Waals surface area contributed by atoms with Crippen molar-refractivity contribution in [3.8, 4) is 5.75 Å². The van der Waals surface area contributed by atoms with Gasteiger partial charge in [0.1, 0.15) is 18.6 Å². The number of hydrogen-bond acceptors (Lipinski definition) is 6. The van der Waals surface area contributed by atoms with E-state index in [4.69, 9.17) is 9.26 Å². The molecule has 2 aromatic rings. The molecule has 1 aliphatic heterocycles. The monoisotopic (exact) mass is 372 g/mol. The summed E-state index contributed by atoms with van der Waals surface area (Å²) in [5.41, 5.74) is 0.440. The summed E-state index contributed by atoms with van der Waals surface area (Å²) in [6.07, 6.45) is 3.72. The number of anilines is 1. The molecule has 1 aromatic heterocycles. The number of carbonyl (C=O) groups is 2. The van der Waals surface area contributed by atoms with E-state index in [-0.39, 0.29) is 18.4 Å². The van der Waals surface area contributed by atoms with E-state index in [1.165, 1.54) is 26.2 Å². The molecule has 1 aliphatic rings. The van der Waals surface area contributed by atoms with Crippen LogP contribution in [-0.2, 0) is 4.79 Å². The third-order valence-corrected chi connectivity index (χ3v) is 4.55. The number of aromatic nitrogens is 1. The number of carbonyl (C=O) groups excluding carboxylic acids is 2. The molecule has 1 N–H and O–H groups in total. The Morgan fingerprint density at radius 2 is 2.04 bits per heavy atom. The zero-order valence-electron chi connectivity index (χ0n) is 15.4. The number of amides is 2. The molecule has 144 valence electrons. The van der Waals surface area contributed by atoms with Crippen molar-refractivity contribution in [2.75, 3.05) is 45.2 Å². The van der Waals surface area contributed by atoms with Gasteiger partial charge in [-0.15, -0.1) is 0 Å². The van der Waals surface area contributed by atoms with Crippen LogP contribution in [0.5, 0.6) is 5.75 Å². The van der Waals surface area contributed by atoms with Crippen molar-refractivity contribution in [2.24, 2.45) is 0 Å². The summed E-state index contributed by atoms with van der Waals surface area (Å²) >= 11 is 0. The van der Waals surface area contributed by atoms with Gasteiger partial charge in [-0.05, 0) is 38.1 Å². The lowest BCUT2D eigenvalue weighted by molar-refractivity contribution is -0.117. The molecule has 8 heteroatoms. The number of likely N-dealkylation sites (tertiary alicyclic amines) is 1. The highest BCUT2D eigenvalue weighted by molar-refractivity contribution is 6.00. The highest BCUT2D eigenvalue weighted by Crippen LogP contribution is 2.19. The van der Waals surface area contributed by atoms with E-state index in [0.717, 1.165) is 19.6 Å². The van der Waals surface area contributed by atoms with Crippen molar-refractivity contribution in [3.63, 3.8) is 0 Å². The topological polar surface area (TPSA) is 87.9 Å². The van der Waals surface area contributed by atoms with Crippen LogP contribution < -0.4 is 10.1 Å². The summed E-state index contributed by atoms with van der Waals surface area (Å²) in [4.78, 5) is 29.3. The molecule has 1 fully saturated rings. The Hall–Kier alpha value is -2.87. The zero-order valence-corrected chi connectivity index (χ0v) is 15.4. The number of nitrogens with one attached hydrogen (secondary N) is 1. The van der Waals surface area contributed by atoms with Gasteiger partial charge in [0.25, 0.3) is 5.91 Å². The predicted octanol–water partition coefficient (Wildman–Crippen LogP) is 1.86. The van der Waals surface area contributed by atoms with Gasteiger partial charge in [-0.3, -0.25) is 9.59 Å². The van der Waals surface area contributed by atoms with Gasteiger partial charge in [0.2, 0.25) is 5.91 Å². The van der Waals surface area contributed by atoms with Crippen LogP contribution in [0.2, 0.25) is 0 Å². The fourth-order valence-corrected chi connectivity index (χ4v) is 3.15. The quantitative estimate of drug-likeness (QED) is 0.761. The molecular weight excluding hydrogens is 348 g/mol. The molecule has 1 saturated heterocycles. The van der Waals surface area contributed by atoms with Gasteiger partial charge in [0.15, 0.2) is 5.82 Å². The summed E-state index contributed by atoms with van der Waals surface area (Å²) in [6.45, 7) is 3.18. The van der Waals surface area contributed by atoms with Gasteiger partial charge in [-0.2, -0.15) is 0 Å². The summed E-state index contributed by atoms with van der Waals surface area (Å²) in [6, 6.07) is 8.58. The highest BCUT2D eigenvalue weighted by atomic mass is 16.5. The number of para-hydroxylation sites is 1. The lowest BCUT2D eigenvalue weighted by atomic mass is 10.1. The van der Waals surface area contributed by atoms with Gasteiger partial charge in [0, 0.05) is 19.2 Å². The number of rotatable bonds is 8. The molecule has 0 spiro atoms. The number of benzene rings is 1. The first-order valence-corrected chi connectivity index (χ1v) is 9.02. The van der Waals surface area contributed by atoms with E-state index in [1.807, 2.05) is 6.07 Å². The standard InChI is InChI=1S/C19H24N4O4/c1-26-16-7-3-2-6-15(16)19(25)23(12-11-22-9-4-5-10-22)14-18(24)20-17-8-13-27-21-17/h2-3,6-8,13H,4-5,9-12,14H2,1H3,(H,20,21,24). The molecular formula is C19H24N4O4. The average Bonchev–Trinajstić information content (AvgIpc) is 3.38. The lowest BCUT2D eigenvalue weighted by Gasteiger charge is -2.25. The van der Waals surface area contributed by atoms with E-state index in [1.54, 1.807) is 29.2 Å². The number of hydrogen-bond donors (Lipinski definition) is 1. The van der Waals surface area contributed by atoms with Crippen molar-refractivity contribution < 1.29 is 18.8 Å². The molecule has 27 heavy (non-hydrogen) atoms. The number of ether oxygens (including phenoxy) is 1. The molecule has 1 aromatic carbocycles. The first kappa shape index (κ1) is 18.9. The molecule has 0 aliphatic carbocycles. The minimum Gasteiger partial charge on any atom is -0.496 e. The second-order valence-corrected chi connectivity index (χ2v) is 6.41. The fourth-order valence-electron chi connectivity index (χ4n) is 3.15. The van der Waals surface area contributed by atoms with Crippen LogP contribution in [0, 0.1) is 0 Å². The third kappa shape index (κ3) is 5.07. The van der Waals surface area contributed by atoms with Crippen LogP contribution in [0.15, 0.2) is 41.1 Å². The maximum Gasteiger partial charge on any atom is 0.258 e. The SMILES string of the molecule is COc1ccccc1C(=O)N(CCN1CCCC1)CC(=O)Nc1ccon1. The summed E-state index contributed by atoms with van der Waals surface area (Å²) in [5.74, 6) is 0.255. The Kier molecular flexibility index (Phi) is 6.43. The fraction of sp³-hybridized carbons (Fsp3) is 0.421. The van der Waals surface area contributed by atoms with Crippen LogP contribution in [-0.4, -0.2) is 66.6 Å². The van der Waals surface area contributed by atoms with Gasteiger partial charge < -0.3 is 24.4 Å². The lowest BCUT2D eigenvalue weighted by Crippen LogP contribution is -2.42. The minimum absolute atomic E-state index is 0.0718. The first-order valence-electron chi connectivity index (χ1n) is 9.02. The molecule has 0 radical (unpaired) electrons. The highest BCUT2D eigenvalue weighted by Gasteiger charge is 2.23. The van der Waals surface area contributed by atoms with Crippen LogP contribution >= 0.6 is 0 Å². The first-order chi connectivity index (χ1) is 13.2. The molecule has 0 atom stereocenters. The molecule has 8 nitrogen and oxygen atoms in total. The molecule has 0 unspecified atom stereocenters. The minimum atomic E-state index is -0.325. The Morgan fingerprint density at radius 1 is 1.26 bits per heavy atom. The van der Waals surface area contributed by atoms with E-state index in [2.05, 4.69) is 15.4 Å². The van der Waals surface area contributed by atoms with Crippen LogP contribution in [0.4, 0.5) is 5.82 Å². The summed E-state index contributed by atoms with van der Waals surface area (Å²) in [5, 5.41) is 6.30. The molecule has 2 amide bonds. The van der Waals surface area contributed by atoms with E-state index in [9.17, 15) is 9.59 Å². The van der Waals surface area contributed by atoms with Crippen molar-refractivity contribution in [1.82, 2.24) is 15.0 Å². The van der Waals surface area contributed by atoms with Crippen LogP contribution in [0.1, 0.15) is 23.2 Å². The second-order valence-electron chi connectivity index (χ2n) is 6.41. The largest absolute Gasteiger partial charge is 0.496 e. The van der Waals surface area contributed by atoms with Crippen molar-refractivity contribution >= 4 is 17.6 Å². The summed E-state index contributed by atoms with van der Waals surface area (Å²) in [7, 11) is 1.53. The van der Waals surface area contributed by atoms with Gasteiger partial charge >= 0.3 is 0 Å².